The van der Waals surface area contributed by atoms with E-state index in [1.54, 1.807) is 18.2 Å². The van der Waals surface area contributed by atoms with E-state index in [-0.39, 0.29) is 5.39 Å². The molecule has 90 valence electrons. The molecule has 0 saturated heterocycles. The lowest BCUT2D eigenvalue weighted by molar-refractivity contribution is -0.0508. The smallest absolute Gasteiger partial charge is 0.387 e. The standard InChI is InChI=1S/C12H8F4O/c13-11(14)9-6-5-7-3-1-2-4-8(7)10(9)17-12(15)16/h1-6,11-12H. The third-order valence-electron chi connectivity index (χ3n) is 2.35. The quantitative estimate of drug-likeness (QED) is 0.728. The number of halogens is 4. The summed E-state index contributed by atoms with van der Waals surface area (Å²) in [5.41, 5.74) is -0.524. The number of hydrogen-bond donors (Lipinski definition) is 0. The normalized spacial score (nSPS) is 11.4. The van der Waals surface area contributed by atoms with E-state index in [0.29, 0.717) is 5.39 Å². The third-order valence-corrected chi connectivity index (χ3v) is 2.35. The van der Waals surface area contributed by atoms with E-state index in [1.165, 1.54) is 12.1 Å². The maximum atomic E-state index is 12.7. The van der Waals surface area contributed by atoms with Gasteiger partial charge in [0, 0.05) is 5.39 Å². The summed E-state index contributed by atoms with van der Waals surface area (Å²) in [4.78, 5) is 0. The van der Waals surface area contributed by atoms with Crippen LogP contribution in [0.25, 0.3) is 10.8 Å². The third kappa shape index (κ3) is 2.33. The number of fused-ring (bicyclic) bond motifs is 1. The highest BCUT2D eigenvalue weighted by Gasteiger charge is 2.19. The highest BCUT2D eigenvalue weighted by Crippen LogP contribution is 2.36. The van der Waals surface area contributed by atoms with Crippen molar-refractivity contribution in [2.45, 2.75) is 13.0 Å². The Kier molecular flexibility index (Phi) is 3.17. The molecule has 0 aromatic heterocycles. The van der Waals surface area contributed by atoms with Crippen LogP contribution in [0.2, 0.25) is 0 Å². The van der Waals surface area contributed by atoms with Crippen molar-refractivity contribution >= 4 is 10.8 Å². The van der Waals surface area contributed by atoms with Crippen molar-refractivity contribution < 1.29 is 22.3 Å². The molecular weight excluding hydrogens is 236 g/mol. The zero-order chi connectivity index (χ0) is 12.4. The molecule has 0 spiro atoms. The molecule has 0 fully saturated rings. The van der Waals surface area contributed by atoms with Crippen LogP contribution in [0.15, 0.2) is 36.4 Å². The molecule has 17 heavy (non-hydrogen) atoms. The highest BCUT2D eigenvalue weighted by molar-refractivity contribution is 5.89. The summed E-state index contributed by atoms with van der Waals surface area (Å²) in [5.74, 6) is -0.451. The Balaban J connectivity index is 2.66. The van der Waals surface area contributed by atoms with Crippen molar-refractivity contribution in [2.24, 2.45) is 0 Å². The molecule has 0 N–H and O–H groups in total. The first-order valence-electron chi connectivity index (χ1n) is 4.84. The van der Waals surface area contributed by atoms with Gasteiger partial charge in [0.25, 0.3) is 6.43 Å². The SMILES string of the molecule is FC(F)Oc1c(C(F)F)ccc2ccccc12. The van der Waals surface area contributed by atoms with Crippen molar-refractivity contribution in [3.8, 4) is 5.75 Å². The average molecular weight is 244 g/mol. The van der Waals surface area contributed by atoms with Crippen molar-refractivity contribution in [2.75, 3.05) is 0 Å². The van der Waals surface area contributed by atoms with Crippen LogP contribution >= 0.6 is 0 Å². The Morgan fingerprint density at radius 2 is 1.59 bits per heavy atom. The van der Waals surface area contributed by atoms with Gasteiger partial charge in [-0.25, -0.2) is 8.78 Å². The number of benzene rings is 2. The van der Waals surface area contributed by atoms with Crippen molar-refractivity contribution in [3.63, 3.8) is 0 Å². The molecule has 0 aliphatic heterocycles. The highest BCUT2D eigenvalue weighted by atomic mass is 19.3. The molecule has 2 rings (SSSR count). The van der Waals surface area contributed by atoms with E-state index < -0.39 is 24.3 Å². The van der Waals surface area contributed by atoms with Crippen LogP contribution in [0.5, 0.6) is 5.75 Å². The van der Waals surface area contributed by atoms with Crippen LogP contribution in [0.3, 0.4) is 0 Å². The van der Waals surface area contributed by atoms with Gasteiger partial charge in [-0.05, 0) is 11.5 Å². The molecule has 0 unspecified atom stereocenters. The van der Waals surface area contributed by atoms with E-state index in [1.807, 2.05) is 0 Å². The first kappa shape index (κ1) is 11.7. The van der Waals surface area contributed by atoms with Crippen LogP contribution in [0, 0.1) is 0 Å². The van der Waals surface area contributed by atoms with E-state index in [9.17, 15) is 17.6 Å². The zero-order valence-electron chi connectivity index (χ0n) is 8.54. The molecule has 2 aromatic carbocycles. The second-order valence-electron chi connectivity index (χ2n) is 3.38. The minimum absolute atomic E-state index is 0.255. The fourth-order valence-corrected chi connectivity index (χ4v) is 1.65. The van der Waals surface area contributed by atoms with Crippen molar-refractivity contribution in [1.29, 1.82) is 0 Å². The largest absolute Gasteiger partial charge is 0.434 e. The Bertz CT molecular complexity index is 525. The number of rotatable bonds is 3. The number of hydrogen-bond acceptors (Lipinski definition) is 1. The van der Waals surface area contributed by atoms with Gasteiger partial charge in [-0.1, -0.05) is 30.3 Å². The summed E-state index contributed by atoms with van der Waals surface area (Å²) in [6.07, 6.45) is -2.85. The Labute approximate surface area is 94.6 Å². The summed E-state index contributed by atoms with van der Waals surface area (Å²) in [6.45, 7) is -3.13. The van der Waals surface area contributed by atoms with E-state index in [0.717, 1.165) is 6.07 Å². The van der Waals surface area contributed by atoms with Gasteiger partial charge in [0.2, 0.25) is 0 Å². The number of ether oxygens (including phenoxy) is 1. The van der Waals surface area contributed by atoms with Crippen LogP contribution in [-0.2, 0) is 0 Å². The molecule has 2 aromatic rings. The van der Waals surface area contributed by atoms with Gasteiger partial charge in [-0.2, -0.15) is 8.78 Å². The number of alkyl halides is 4. The summed E-state index contributed by atoms with van der Waals surface area (Å²) in [7, 11) is 0. The molecular formula is C12H8F4O. The van der Waals surface area contributed by atoms with Gasteiger partial charge < -0.3 is 4.74 Å². The molecule has 0 radical (unpaired) electrons. The first-order chi connectivity index (χ1) is 8.09. The Hall–Kier alpha value is -1.78. The van der Waals surface area contributed by atoms with E-state index >= 15 is 0 Å². The molecule has 0 bridgehead atoms. The van der Waals surface area contributed by atoms with Crippen LogP contribution < -0.4 is 4.74 Å². The lowest BCUT2D eigenvalue weighted by Crippen LogP contribution is -2.05. The van der Waals surface area contributed by atoms with Gasteiger partial charge in [-0.15, -0.1) is 0 Å². The molecule has 0 heterocycles. The van der Waals surface area contributed by atoms with Gasteiger partial charge >= 0.3 is 6.61 Å². The Morgan fingerprint density at radius 3 is 2.24 bits per heavy atom. The predicted octanol–water partition coefficient (Wildman–Crippen LogP) is 4.38. The van der Waals surface area contributed by atoms with E-state index in [2.05, 4.69) is 4.74 Å². The molecule has 0 amide bonds. The monoisotopic (exact) mass is 244 g/mol. The lowest BCUT2D eigenvalue weighted by Gasteiger charge is -2.13. The van der Waals surface area contributed by atoms with Crippen LogP contribution in [0.4, 0.5) is 17.6 Å². The minimum Gasteiger partial charge on any atom is -0.434 e. The second kappa shape index (κ2) is 4.61. The maximum absolute atomic E-state index is 12.7. The van der Waals surface area contributed by atoms with Gasteiger partial charge in [0.1, 0.15) is 5.75 Å². The zero-order valence-corrected chi connectivity index (χ0v) is 8.54. The van der Waals surface area contributed by atoms with Gasteiger partial charge in [0.15, 0.2) is 0 Å². The van der Waals surface area contributed by atoms with E-state index in [4.69, 9.17) is 0 Å². The van der Waals surface area contributed by atoms with Crippen molar-refractivity contribution in [1.82, 2.24) is 0 Å². The molecule has 0 saturated carbocycles. The summed E-state index contributed by atoms with van der Waals surface area (Å²) >= 11 is 0. The topological polar surface area (TPSA) is 9.23 Å². The second-order valence-corrected chi connectivity index (χ2v) is 3.38. The first-order valence-corrected chi connectivity index (χ1v) is 4.84. The summed E-state index contributed by atoms with van der Waals surface area (Å²) in [5, 5.41) is 0.832. The summed E-state index contributed by atoms with van der Waals surface area (Å²) in [6, 6.07) is 8.94. The molecule has 5 heteroatoms. The molecule has 0 aliphatic carbocycles. The van der Waals surface area contributed by atoms with Crippen molar-refractivity contribution in [3.05, 3.63) is 42.0 Å². The van der Waals surface area contributed by atoms with Gasteiger partial charge in [-0.3, -0.25) is 0 Å². The minimum atomic E-state index is -3.13. The Morgan fingerprint density at radius 1 is 0.882 bits per heavy atom. The fourth-order valence-electron chi connectivity index (χ4n) is 1.65. The van der Waals surface area contributed by atoms with Gasteiger partial charge in [0.05, 0.1) is 5.56 Å². The lowest BCUT2D eigenvalue weighted by atomic mass is 10.1. The molecule has 0 aliphatic rings. The predicted molar refractivity (Wildman–Crippen MR) is 55.5 cm³/mol. The molecule has 0 atom stereocenters. The van der Waals surface area contributed by atoms with Crippen LogP contribution in [0.1, 0.15) is 12.0 Å². The molecule has 1 nitrogen and oxygen atoms in total. The average Bonchev–Trinajstić information content (AvgIpc) is 2.28. The fraction of sp³-hybridized carbons (Fsp3) is 0.167. The van der Waals surface area contributed by atoms with Crippen LogP contribution in [-0.4, -0.2) is 6.61 Å². The maximum Gasteiger partial charge on any atom is 0.387 e. The summed E-state index contributed by atoms with van der Waals surface area (Å²) < 4.78 is 54.0.